The normalized spacial score (nSPS) is 20.8. The van der Waals surface area contributed by atoms with Crippen molar-refractivity contribution < 1.29 is 23.6 Å². The van der Waals surface area contributed by atoms with Crippen LogP contribution in [0.15, 0.2) is 24.3 Å². The molecule has 170 valence electrons. The number of hydrogen-bond acceptors (Lipinski definition) is 6. The van der Waals surface area contributed by atoms with E-state index in [-0.39, 0.29) is 12.0 Å². The Hall–Kier alpha value is -2.10. The maximum absolute atomic E-state index is 13.0. The molecular weight excluding hydrogens is 397 g/mol. The fraction of sp³-hybridized carbons (Fsp3) is 0.636. The lowest BCUT2D eigenvalue weighted by atomic mass is 9.79. The van der Waals surface area contributed by atoms with Crippen LogP contribution < -0.4 is 5.46 Å². The molecule has 0 spiro atoms. The smallest absolute Gasteiger partial charge is 0.444 e. The lowest BCUT2D eigenvalue weighted by Crippen LogP contribution is -2.44. The van der Waals surface area contributed by atoms with Crippen molar-refractivity contribution in [3.05, 3.63) is 29.8 Å². The van der Waals surface area contributed by atoms with Gasteiger partial charge in [0, 0.05) is 25.7 Å². The van der Waals surface area contributed by atoms with Crippen LogP contribution in [0.2, 0.25) is 0 Å². The predicted octanol–water partition coefficient (Wildman–Crippen LogP) is 2.48. The standard InChI is InChI=1S/C22H34BN3O5/c1-20(2,3)29-19(28)25-13-14-26(15-25)24(8)18(27)16-9-11-17(12-10-16)23-30-21(4,5)22(6,7)31-23/h9-12H,13-15H2,1-8H3. The van der Waals surface area contributed by atoms with Gasteiger partial charge in [-0.3, -0.25) is 14.7 Å². The number of carbonyl (C=O) groups is 2. The van der Waals surface area contributed by atoms with E-state index in [1.807, 2.05) is 65.6 Å². The molecule has 2 heterocycles. The van der Waals surface area contributed by atoms with E-state index < -0.39 is 23.9 Å². The van der Waals surface area contributed by atoms with E-state index in [4.69, 9.17) is 14.0 Å². The number of hydrazine groups is 1. The summed E-state index contributed by atoms with van der Waals surface area (Å²) in [7, 11) is 1.25. The van der Waals surface area contributed by atoms with Gasteiger partial charge in [-0.1, -0.05) is 12.1 Å². The maximum Gasteiger partial charge on any atom is 0.494 e. The van der Waals surface area contributed by atoms with Crippen LogP contribution in [0.1, 0.15) is 58.8 Å². The molecule has 1 aromatic carbocycles. The van der Waals surface area contributed by atoms with Gasteiger partial charge in [-0.05, 0) is 66.1 Å². The molecule has 2 amide bonds. The second kappa shape index (κ2) is 8.11. The molecule has 0 aliphatic carbocycles. The molecule has 2 aliphatic heterocycles. The van der Waals surface area contributed by atoms with E-state index in [1.165, 1.54) is 0 Å². The summed E-state index contributed by atoms with van der Waals surface area (Å²) in [6, 6.07) is 7.28. The molecule has 0 bridgehead atoms. The summed E-state index contributed by atoms with van der Waals surface area (Å²) in [6.45, 7) is 14.9. The zero-order valence-electron chi connectivity index (χ0n) is 19.9. The van der Waals surface area contributed by atoms with Crippen LogP contribution in [0, 0.1) is 0 Å². The average Bonchev–Trinajstić information content (AvgIpc) is 3.22. The second-order valence-corrected chi connectivity index (χ2v) is 10.2. The molecule has 2 fully saturated rings. The van der Waals surface area contributed by atoms with E-state index in [1.54, 1.807) is 29.1 Å². The summed E-state index contributed by atoms with van der Waals surface area (Å²) in [6.07, 6.45) is -0.373. The van der Waals surface area contributed by atoms with Gasteiger partial charge in [-0.2, -0.15) is 5.01 Å². The predicted molar refractivity (Wildman–Crippen MR) is 119 cm³/mol. The summed E-state index contributed by atoms with van der Waals surface area (Å²) in [4.78, 5) is 26.8. The lowest BCUT2D eigenvalue weighted by molar-refractivity contribution is -0.00103. The van der Waals surface area contributed by atoms with E-state index in [0.717, 1.165) is 5.46 Å². The van der Waals surface area contributed by atoms with Crippen LogP contribution in [-0.4, -0.2) is 77.6 Å². The Kier molecular flexibility index (Phi) is 6.17. The van der Waals surface area contributed by atoms with Crippen LogP contribution in [0.3, 0.4) is 0 Å². The maximum atomic E-state index is 13.0. The van der Waals surface area contributed by atoms with Gasteiger partial charge in [0.25, 0.3) is 5.91 Å². The second-order valence-electron chi connectivity index (χ2n) is 10.2. The SMILES string of the molecule is CN(C(=O)c1ccc(B2OC(C)(C)C(C)(C)O2)cc1)N1CCN(C(=O)OC(C)(C)C)C1. The van der Waals surface area contributed by atoms with Gasteiger partial charge >= 0.3 is 13.2 Å². The van der Waals surface area contributed by atoms with E-state index in [2.05, 4.69) is 0 Å². The summed E-state index contributed by atoms with van der Waals surface area (Å²) in [5, 5.41) is 3.38. The molecule has 0 aromatic heterocycles. The molecular formula is C22H34BN3O5. The highest BCUT2D eigenvalue weighted by Gasteiger charge is 2.51. The Labute approximate surface area is 185 Å². The number of benzene rings is 1. The Morgan fingerprint density at radius 2 is 1.58 bits per heavy atom. The number of nitrogens with zero attached hydrogens (tertiary/aromatic N) is 3. The minimum atomic E-state index is -0.550. The van der Waals surface area contributed by atoms with Gasteiger partial charge < -0.3 is 14.0 Å². The molecule has 0 unspecified atom stereocenters. The van der Waals surface area contributed by atoms with Crippen molar-refractivity contribution in [1.29, 1.82) is 0 Å². The number of carbonyl (C=O) groups excluding carboxylic acids is 2. The van der Waals surface area contributed by atoms with Gasteiger partial charge in [0.15, 0.2) is 0 Å². The monoisotopic (exact) mass is 431 g/mol. The first-order chi connectivity index (χ1) is 14.2. The van der Waals surface area contributed by atoms with Crippen molar-refractivity contribution >= 4 is 24.6 Å². The fourth-order valence-electron chi connectivity index (χ4n) is 3.37. The van der Waals surface area contributed by atoms with Crippen LogP contribution in [0.5, 0.6) is 0 Å². The minimum absolute atomic E-state index is 0.147. The van der Waals surface area contributed by atoms with E-state index in [9.17, 15) is 9.59 Å². The first-order valence-corrected chi connectivity index (χ1v) is 10.7. The minimum Gasteiger partial charge on any atom is -0.444 e. The Morgan fingerprint density at radius 3 is 2.10 bits per heavy atom. The van der Waals surface area contributed by atoms with Crippen LogP contribution in [0.25, 0.3) is 0 Å². The third-order valence-electron chi connectivity index (χ3n) is 6.01. The average molecular weight is 431 g/mol. The highest BCUT2D eigenvalue weighted by molar-refractivity contribution is 6.62. The van der Waals surface area contributed by atoms with Crippen molar-refractivity contribution in [1.82, 2.24) is 14.9 Å². The molecule has 1 aromatic rings. The molecule has 8 nitrogen and oxygen atoms in total. The molecule has 31 heavy (non-hydrogen) atoms. The molecule has 3 rings (SSSR count). The molecule has 0 N–H and O–H groups in total. The third-order valence-corrected chi connectivity index (χ3v) is 6.01. The first-order valence-electron chi connectivity index (χ1n) is 10.7. The van der Waals surface area contributed by atoms with Gasteiger partial charge in [-0.25, -0.2) is 4.79 Å². The molecule has 2 aliphatic rings. The summed E-state index contributed by atoms with van der Waals surface area (Å²) >= 11 is 0. The van der Waals surface area contributed by atoms with Crippen molar-refractivity contribution in [2.75, 3.05) is 26.8 Å². The Bertz CT molecular complexity index is 819. The first kappa shape index (κ1) is 23.6. The highest BCUT2D eigenvalue weighted by Crippen LogP contribution is 2.36. The molecule has 9 heteroatoms. The highest BCUT2D eigenvalue weighted by atomic mass is 16.7. The number of ether oxygens (including phenoxy) is 1. The van der Waals surface area contributed by atoms with Crippen molar-refractivity contribution in [2.45, 2.75) is 65.3 Å². The summed E-state index contributed by atoms with van der Waals surface area (Å²) in [5.74, 6) is -0.147. The largest absolute Gasteiger partial charge is 0.494 e. The van der Waals surface area contributed by atoms with Crippen LogP contribution >= 0.6 is 0 Å². The Morgan fingerprint density at radius 1 is 1.03 bits per heavy atom. The van der Waals surface area contributed by atoms with Crippen LogP contribution in [0.4, 0.5) is 4.79 Å². The van der Waals surface area contributed by atoms with E-state index >= 15 is 0 Å². The molecule has 2 saturated heterocycles. The molecule has 0 saturated carbocycles. The van der Waals surface area contributed by atoms with Gasteiger partial charge in [0.05, 0.1) is 17.9 Å². The van der Waals surface area contributed by atoms with Gasteiger partial charge in [-0.15, -0.1) is 0 Å². The van der Waals surface area contributed by atoms with Crippen molar-refractivity contribution in [3.63, 3.8) is 0 Å². The Balaban J connectivity index is 1.61. The van der Waals surface area contributed by atoms with Crippen molar-refractivity contribution in [3.8, 4) is 0 Å². The zero-order chi connectivity index (χ0) is 23.2. The number of hydrogen-bond donors (Lipinski definition) is 0. The quantitative estimate of drug-likeness (QED) is 0.685. The third kappa shape index (κ3) is 5.05. The lowest BCUT2D eigenvalue weighted by Gasteiger charge is -2.32. The zero-order valence-corrected chi connectivity index (χ0v) is 19.9. The van der Waals surface area contributed by atoms with Crippen LogP contribution in [-0.2, 0) is 14.0 Å². The van der Waals surface area contributed by atoms with Gasteiger partial charge in [0.1, 0.15) is 5.60 Å². The molecule has 0 radical (unpaired) electrons. The van der Waals surface area contributed by atoms with Crippen molar-refractivity contribution in [2.24, 2.45) is 0 Å². The summed E-state index contributed by atoms with van der Waals surface area (Å²) in [5.41, 5.74) is 0.0451. The topological polar surface area (TPSA) is 71.6 Å². The molecule has 0 atom stereocenters. The fourth-order valence-corrected chi connectivity index (χ4v) is 3.37. The van der Waals surface area contributed by atoms with E-state index in [0.29, 0.717) is 25.3 Å². The summed E-state index contributed by atoms with van der Waals surface area (Å²) < 4.78 is 17.6. The van der Waals surface area contributed by atoms with Gasteiger partial charge in [0.2, 0.25) is 0 Å². The number of amides is 2. The number of rotatable bonds is 3.